The molecule has 1 aliphatic rings. The molecule has 1 aliphatic heterocycles. The number of carbonyl (C=O) groups is 2. The quantitative estimate of drug-likeness (QED) is 0.348. The van der Waals surface area contributed by atoms with Gasteiger partial charge in [-0.05, 0) is 67.9 Å². The van der Waals surface area contributed by atoms with E-state index in [1.165, 1.54) is 17.0 Å². The molecule has 32 heavy (non-hydrogen) atoms. The monoisotopic (exact) mass is 429 g/mol. The van der Waals surface area contributed by atoms with Crippen LogP contribution in [0.25, 0.3) is 5.76 Å². The van der Waals surface area contributed by atoms with E-state index in [1.54, 1.807) is 48.5 Å². The number of hydrogen-bond acceptors (Lipinski definition) is 5. The summed E-state index contributed by atoms with van der Waals surface area (Å²) in [6.07, 6.45) is 0. The van der Waals surface area contributed by atoms with Crippen LogP contribution in [0.1, 0.15) is 29.7 Å². The van der Waals surface area contributed by atoms with Crippen molar-refractivity contribution in [2.75, 3.05) is 11.5 Å². The van der Waals surface area contributed by atoms with Crippen molar-refractivity contribution >= 4 is 23.1 Å². The zero-order valence-corrected chi connectivity index (χ0v) is 17.8. The Morgan fingerprint density at radius 2 is 1.69 bits per heavy atom. The zero-order valence-electron chi connectivity index (χ0n) is 17.8. The van der Waals surface area contributed by atoms with E-state index in [4.69, 9.17) is 4.74 Å². The summed E-state index contributed by atoms with van der Waals surface area (Å²) < 4.78 is 5.44. The topological polar surface area (TPSA) is 87.1 Å². The van der Waals surface area contributed by atoms with Crippen molar-refractivity contribution in [1.29, 1.82) is 0 Å². The molecule has 1 atom stereocenters. The van der Waals surface area contributed by atoms with Crippen molar-refractivity contribution in [1.82, 2.24) is 0 Å². The van der Waals surface area contributed by atoms with Gasteiger partial charge in [0.05, 0.1) is 18.2 Å². The number of benzene rings is 3. The molecule has 2 N–H and O–H groups in total. The third-order valence-corrected chi connectivity index (χ3v) is 5.38. The molecule has 1 unspecified atom stereocenters. The first kappa shape index (κ1) is 21.2. The van der Waals surface area contributed by atoms with E-state index in [0.717, 1.165) is 5.56 Å². The van der Waals surface area contributed by atoms with Gasteiger partial charge < -0.3 is 14.9 Å². The van der Waals surface area contributed by atoms with Crippen LogP contribution in [-0.2, 0) is 9.59 Å². The highest BCUT2D eigenvalue weighted by Gasteiger charge is 2.47. The number of phenols is 1. The highest BCUT2D eigenvalue weighted by Crippen LogP contribution is 2.42. The number of ketones is 1. The lowest BCUT2D eigenvalue weighted by Gasteiger charge is -2.25. The molecular weight excluding hydrogens is 406 g/mol. The molecule has 6 nitrogen and oxygen atoms in total. The van der Waals surface area contributed by atoms with Crippen molar-refractivity contribution in [3.63, 3.8) is 0 Å². The van der Waals surface area contributed by atoms with E-state index in [9.17, 15) is 19.8 Å². The van der Waals surface area contributed by atoms with Gasteiger partial charge >= 0.3 is 0 Å². The second-order valence-electron chi connectivity index (χ2n) is 7.56. The van der Waals surface area contributed by atoms with Gasteiger partial charge in [0.1, 0.15) is 17.3 Å². The van der Waals surface area contributed by atoms with Crippen molar-refractivity contribution in [3.8, 4) is 11.5 Å². The van der Waals surface area contributed by atoms with Gasteiger partial charge in [0.25, 0.3) is 11.7 Å². The summed E-state index contributed by atoms with van der Waals surface area (Å²) in [5, 5.41) is 21.2. The van der Waals surface area contributed by atoms with Gasteiger partial charge in [0.2, 0.25) is 0 Å². The lowest BCUT2D eigenvalue weighted by molar-refractivity contribution is -0.132. The molecular formula is C26H23NO5. The summed E-state index contributed by atoms with van der Waals surface area (Å²) in [4.78, 5) is 27.6. The number of anilines is 1. The Labute approximate surface area is 186 Å². The van der Waals surface area contributed by atoms with Gasteiger partial charge in [-0.1, -0.05) is 29.8 Å². The van der Waals surface area contributed by atoms with E-state index in [1.807, 2.05) is 26.0 Å². The minimum Gasteiger partial charge on any atom is -0.508 e. The Hall–Kier alpha value is -4.06. The van der Waals surface area contributed by atoms with E-state index < -0.39 is 17.7 Å². The van der Waals surface area contributed by atoms with Crippen LogP contribution in [0.5, 0.6) is 11.5 Å². The molecule has 3 aromatic rings. The first-order chi connectivity index (χ1) is 15.4. The van der Waals surface area contributed by atoms with Crippen LogP contribution >= 0.6 is 0 Å². The number of rotatable bonds is 5. The summed E-state index contributed by atoms with van der Waals surface area (Å²) in [6.45, 7) is 4.30. The van der Waals surface area contributed by atoms with Crippen molar-refractivity contribution < 1.29 is 24.5 Å². The van der Waals surface area contributed by atoms with E-state index >= 15 is 0 Å². The van der Waals surface area contributed by atoms with Gasteiger partial charge in [0.15, 0.2) is 0 Å². The first-order valence-corrected chi connectivity index (χ1v) is 10.3. The highest BCUT2D eigenvalue weighted by molar-refractivity contribution is 6.51. The zero-order chi connectivity index (χ0) is 22.8. The Morgan fingerprint density at radius 3 is 2.31 bits per heavy atom. The molecule has 0 bridgehead atoms. The fourth-order valence-electron chi connectivity index (χ4n) is 3.85. The van der Waals surface area contributed by atoms with Crippen LogP contribution in [0.3, 0.4) is 0 Å². The number of Topliss-reactive ketones (excluding diaryl/α,β-unsaturated/α-hetero) is 1. The maximum absolute atomic E-state index is 13.1. The number of phenolic OH excluding ortho intramolecular Hbond substituents is 1. The van der Waals surface area contributed by atoms with Crippen molar-refractivity contribution in [2.24, 2.45) is 0 Å². The molecule has 1 fully saturated rings. The van der Waals surface area contributed by atoms with Crippen LogP contribution < -0.4 is 9.64 Å². The van der Waals surface area contributed by atoms with Crippen LogP contribution in [0, 0.1) is 6.92 Å². The normalized spacial score (nSPS) is 17.6. The van der Waals surface area contributed by atoms with Gasteiger partial charge in [-0.25, -0.2) is 0 Å². The van der Waals surface area contributed by atoms with Gasteiger partial charge in [-0.2, -0.15) is 0 Å². The average molecular weight is 429 g/mol. The molecule has 0 spiro atoms. The number of amides is 1. The van der Waals surface area contributed by atoms with Gasteiger partial charge in [0, 0.05) is 11.3 Å². The SMILES string of the molecule is CCOc1ccc(/C(O)=C2/C(=O)C(=O)N(c3ccc(C)cc3)C2c2cccc(O)c2)cc1. The number of aliphatic hydroxyl groups excluding tert-OH is 1. The van der Waals surface area contributed by atoms with Crippen LogP contribution in [-0.4, -0.2) is 28.5 Å². The summed E-state index contributed by atoms with van der Waals surface area (Å²) in [5.41, 5.74) is 2.40. The standard InChI is InChI=1S/C26H23NO5/c1-3-32-21-13-9-17(10-14-21)24(29)22-23(18-5-4-6-20(28)15-18)27(26(31)25(22)30)19-11-7-16(2)8-12-19/h4-15,23,28-29H,3H2,1-2H3/b24-22-. The Morgan fingerprint density at radius 1 is 1.00 bits per heavy atom. The number of aryl methyl sites for hydroxylation is 1. The smallest absolute Gasteiger partial charge is 0.300 e. The molecule has 1 amide bonds. The van der Waals surface area contributed by atoms with E-state index in [2.05, 4.69) is 0 Å². The average Bonchev–Trinajstić information content (AvgIpc) is 3.05. The molecule has 1 saturated heterocycles. The highest BCUT2D eigenvalue weighted by atomic mass is 16.5. The maximum atomic E-state index is 13.1. The minimum absolute atomic E-state index is 0.00180. The van der Waals surface area contributed by atoms with Gasteiger partial charge in [-0.15, -0.1) is 0 Å². The number of hydrogen-bond donors (Lipinski definition) is 2. The Kier molecular flexibility index (Phi) is 5.69. The molecule has 3 aromatic carbocycles. The molecule has 4 rings (SSSR count). The number of aliphatic hydroxyl groups is 1. The lowest BCUT2D eigenvalue weighted by atomic mass is 9.95. The molecule has 0 aromatic heterocycles. The van der Waals surface area contributed by atoms with Crippen molar-refractivity contribution in [3.05, 3.63) is 95.1 Å². The number of carbonyl (C=O) groups excluding carboxylic acids is 2. The van der Waals surface area contributed by atoms with E-state index in [0.29, 0.717) is 29.2 Å². The first-order valence-electron chi connectivity index (χ1n) is 10.3. The van der Waals surface area contributed by atoms with Crippen LogP contribution in [0.4, 0.5) is 5.69 Å². The second kappa shape index (κ2) is 8.59. The fraction of sp³-hybridized carbons (Fsp3) is 0.154. The Bertz CT molecular complexity index is 1200. The Balaban J connectivity index is 1.89. The van der Waals surface area contributed by atoms with Gasteiger partial charge in [-0.3, -0.25) is 14.5 Å². The molecule has 0 aliphatic carbocycles. The largest absolute Gasteiger partial charge is 0.508 e. The maximum Gasteiger partial charge on any atom is 0.300 e. The summed E-state index contributed by atoms with van der Waals surface area (Å²) >= 11 is 0. The summed E-state index contributed by atoms with van der Waals surface area (Å²) in [5.74, 6) is -1.18. The molecule has 6 heteroatoms. The lowest BCUT2D eigenvalue weighted by Crippen LogP contribution is -2.29. The second-order valence-corrected chi connectivity index (χ2v) is 7.56. The predicted octanol–water partition coefficient (Wildman–Crippen LogP) is 4.73. The molecule has 0 radical (unpaired) electrons. The third-order valence-electron chi connectivity index (χ3n) is 5.38. The minimum atomic E-state index is -0.892. The molecule has 0 saturated carbocycles. The molecule has 162 valence electrons. The van der Waals surface area contributed by atoms with Crippen molar-refractivity contribution in [2.45, 2.75) is 19.9 Å². The predicted molar refractivity (Wildman–Crippen MR) is 122 cm³/mol. The summed E-state index contributed by atoms with van der Waals surface area (Å²) in [6, 6.07) is 19.3. The fourth-order valence-corrected chi connectivity index (χ4v) is 3.85. The molecule has 1 heterocycles. The third kappa shape index (κ3) is 3.83. The number of ether oxygens (including phenoxy) is 1. The summed E-state index contributed by atoms with van der Waals surface area (Å²) in [7, 11) is 0. The van der Waals surface area contributed by atoms with E-state index in [-0.39, 0.29) is 17.1 Å². The van der Waals surface area contributed by atoms with Crippen LogP contribution in [0.15, 0.2) is 78.4 Å². The van der Waals surface area contributed by atoms with Crippen LogP contribution in [0.2, 0.25) is 0 Å². The number of nitrogens with zero attached hydrogens (tertiary/aromatic N) is 1. The number of aromatic hydroxyl groups is 1.